The number of esters is 1. The topological polar surface area (TPSA) is 96.4 Å². The lowest BCUT2D eigenvalue weighted by Crippen LogP contribution is -2.21. The van der Waals surface area contributed by atoms with Crippen molar-refractivity contribution in [2.45, 2.75) is 13.0 Å². The summed E-state index contributed by atoms with van der Waals surface area (Å²) >= 11 is 0. The molecule has 0 aliphatic carbocycles. The first-order valence-corrected chi connectivity index (χ1v) is 8.86. The van der Waals surface area contributed by atoms with Gasteiger partial charge in [0.15, 0.2) is 0 Å². The van der Waals surface area contributed by atoms with Crippen LogP contribution < -0.4 is 10.6 Å². The first kappa shape index (κ1) is 19.3. The zero-order valence-corrected chi connectivity index (χ0v) is 15.7. The fraction of sp³-hybridized carbons (Fsp3) is 0.190. The number of methoxy groups -OCH3 is 1. The van der Waals surface area contributed by atoms with E-state index in [1.54, 1.807) is 24.3 Å². The molecule has 3 rings (SSSR count). The van der Waals surface area contributed by atoms with Crippen molar-refractivity contribution in [3.63, 3.8) is 0 Å². The minimum absolute atomic E-state index is 0.0311. The van der Waals surface area contributed by atoms with Crippen molar-refractivity contribution in [1.82, 2.24) is 9.97 Å². The van der Waals surface area contributed by atoms with Gasteiger partial charge in [0, 0.05) is 23.4 Å². The Morgan fingerprint density at radius 2 is 1.82 bits per heavy atom. The molecule has 3 N–H and O–H groups in total. The van der Waals surface area contributed by atoms with E-state index in [0.29, 0.717) is 17.3 Å². The predicted octanol–water partition coefficient (Wildman–Crippen LogP) is 3.47. The van der Waals surface area contributed by atoms with E-state index >= 15 is 0 Å². The average molecular weight is 378 g/mol. The van der Waals surface area contributed by atoms with Gasteiger partial charge in [0.2, 0.25) is 5.95 Å². The van der Waals surface area contributed by atoms with Crippen molar-refractivity contribution in [3.8, 4) is 11.3 Å². The largest absolute Gasteiger partial charge is 0.465 e. The third kappa shape index (κ3) is 4.83. The van der Waals surface area contributed by atoms with Gasteiger partial charge in [-0.1, -0.05) is 30.3 Å². The minimum Gasteiger partial charge on any atom is -0.465 e. The highest BCUT2D eigenvalue weighted by Crippen LogP contribution is 2.24. The van der Waals surface area contributed by atoms with Gasteiger partial charge in [-0.05, 0) is 31.2 Å². The molecule has 7 nitrogen and oxygen atoms in total. The highest BCUT2D eigenvalue weighted by Gasteiger charge is 2.10. The maximum Gasteiger partial charge on any atom is 0.337 e. The molecule has 7 heteroatoms. The molecule has 1 aromatic heterocycles. The normalized spacial score (nSPS) is 11.5. The number of hydrogen-bond acceptors (Lipinski definition) is 7. The molecule has 28 heavy (non-hydrogen) atoms. The van der Waals surface area contributed by atoms with Crippen LogP contribution in [-0.4, -0.2) is 40.8 Å². The van der Waals surface area contributed by atoms with E-state index in [2.05, 4.69) is 20.6 Å². The van der Waals surface area contributed by atoms with Crippen LogP contribution in [0, 0.1) is 0 Å². The zero-order valence-electron chi connectivity index (χ0n) is 15.7. The van der Waals surface area contributed by atoms with Gasteiger partial charge in [0.25, 0.3) is 0 Å². The van der Waals surface area contributed by atoms with Crippen LogP contribution in [0.25, 0.3) is 11.3 Å². The molecule has 0 aliphatic rings. The van der Waals surface area contributed by atoms with E-state index in [1.807, 2.05) is 43.3 Å². The van der Waals surface area contributed by atoms with E-state index in [4.69, 9.17) is 4.74 Å². The van der Waals surface area contributed by atoms with E-state index in [-0.39, 0.29) is 18.6 Å². The summed E-state index contributed by atoms with van der Waals surface area (Å²) in [5.41, 5.74) is 2.94. The van der Waals surface area contributed by atoms with Crippen molar-refractivity contribution in [2.75, 3.05) is 24.4 Å². The smallest absolute Gasteiger partial charge is 0.337 e. The standard InChI is InChI=1S/C21H22N4O3/c1-14(13-26)22-21-24-18(15-6-4-3-5-7-15)12-19(25-21)23-17-10-8-16(9-11-17)20(27)28-2/h3-12,14,26H,13H2,1-2H3,(H2,22,23,24,25)/t14-/m0/s1. The number of aliphatic hydroxyl groups is 1. The first-order valence-electron chi connectivity index (χ1n) is 8.86. The van der Waals surface area contributed by atoms with E-state index in [9.17, 15) is 9.90 Å². The summed E-state index contributed by atoms with van der Waals surface area (Å²) in [6.07, 6.45) is 0. The number of anilines is 3. The van der Waals surface area contributed by atoms with Crippen LogP contribution in [0.1, 0.15) is 17.3 Å². The molecule has 144 valence electrons. The Bertz CT molecular complexity index is 930. The summed E-state index contributed by atoms with van der Waals surface area (Å²) < 4.78 is 4.71. The van der Waals surface area contributed by atoms with Gasteiger partial charge in [0.1, 0.15) is 5.82 Å². The van der Waals surface area contributed by atoms with Crippen molar-refractivity contribution < 1.29 is 14.6 Å². The van der Waals surface area contributed by atoms with Crippen molar-refractivity contribution >= 4 is 23.4 Å². The van der Waals surface area contributed by atoms with Gasteiger partial charge in [-0.2, -0.15) is 4.98 Å². The number of ether oxygens (including phenoxy) is 1. The highest BCUT2D eigenvalue weighted by atomic mass is 16.5. The van der Waals surface area contributed by atoms with Crippen molar-refractivity contribution in [2.24, 2.45) is 0 Å². The summed E-state index contributed by atoms with van der Waals surface area (Å²) in [4.78, 5) is 20.6. The maximum absolute atomic E-state index is 11.6. The molecule has 0 aliphatic heterocycles. The maximum atomic E-state index is 11.6. The zero-order chi connectivity index (χ0) is 19.9. The molecule has 0 saturated heterocycles. The number of nitrogens with zero attached hydrogens (tertiary/aromatic N) is 2. The number of rotatable bonds is 7. The van der Waals surface area contributed by atoms with Crippen LogP contribution in [-0.2, 0) is 4.74 Å². The third-order valence-electron chi connectivity index (χ3n) is 4.02. The molecule has 0 unspecified atom stereocenters. The second-order valence-electron chi connectivity index (χ2n) is 6.25. The number of aromatic nitrogens is 2. The molecule has 0 saturated carbocycles. The lowest BCUT2D eigenvalue weighted by atomic mass is 10.1. The third-order valence-corrected chi connectivity index (χ3v) is 4.02. The molecule has 0 radical (unpaired) electrons. The quantitative estimate of drug-likeness (QED) is 0.542. The van der Waals surface area contributed by atoms with Crippen molar-refractivity contribution in [3.05, 3.63) is 66.2 Å². The first-order chi connectivity index (χ1) is 13.6. The predicted molar refractivity (Wildman–Crippen MR) is 109 cm³/mol. The molecule has 0 fully saturated rings. The van der Waals surface area contributed by atoms with E-state index in [1.165, 1.54) is 7.11 Å². The van der Waals surface area contributed by atoms with E-state index in [0.717, 1.165) is 16.9 Å². The van der Waals surface area contributed by atoms with Crippen LogP contribution in [0.5, 0.6) is 0 Å². The molecule has 0 spiro atoms. The summed E-state index contributed by atoms with van der Waals surface area (Å²) in [7, 11) is 1.35. The van der Waals surface area contributed by atoms with Gasteiger partial charge in [-0.25, -0.2) is 9.78 Å². The average Bonchev–Trinajstić information content (AvgIpc) is 2.74. The highest BCUT2D eigenvalue weighted by molar-refractivity contribution is 5.89. The van der Waals surface area contributed by atoms with E-state index < -0.39 is 0 Å². The number of aliphatic hydroxyl groups excluding tert-OH is 1. The molecule has 2 aromatic carbocycles. The van der Waals surface area contributed by atoms with Gasteiger partial charge in [0.05, 0.1) is 25.0 Å². The van der Waals surface area contributed by atoms with Gasteiger partial charge in [-0.3, -0.25) is 0 Å². The van der Waals surface area contributed by atoms with Gasteiger partial charge < -0.3 is 20.5 Å². The van der Waals surface area contributed by atoms with Crippen LogP contribution in [0.4, 0.5) is 17.5 Å². The Morgan fingerprint density at radius 3 is 2.46 bits per heavy atom. The second-order valence-corrected chi connectivity index (χ2v) is 6.25. The monoisotopic (exact) mass is 378 g/mol. The molecular weight excluding hydrogens is 356 g/mol. The van der Waals surface area contributed by atoms with Crippen LogP contribution in [0.2, 0.25) is 0 Å². The Labute approximate surface area is 163 Å². The van der Waals surface area contributed by atoms with Gasteiger partial charge in [-0.15, -0.1) is 0 Å². The Balaban J connectivity index is 1.90. The summed E-state index contributed by atoms with van der Waals surface area (Å²) in [5.74, 6) is 0.619. The summed E-state index contributed by atoms with van der Waals surface area (Å²) in [5, 5.41) is 15.6. The van der Waals surface area contributed by atoms with Crippen LogP contribution in [0.15, 0.2) is 60.7 Å². The molecule has 0 amide bonds. The molecule has 3 aromatic rings. The summed E-state index contributed by atoms with van der Waals surface area (Å²) in [6, 6.07) is 18.4. The summed E-state index contributed by atoms with van der Waals surface area (Å²) in [6.45, 7) is 1.81. The minimum atomic E-state index is -0.385. The van der Waals surface area contributed by atoms with Crippen LogP contribution in [0.3, 0.4) is 0 Å². The fourth-order valence-corrected chi connectivity index (χ4v) is 2.55. The number of hydrogen-bond donors (Lipinski definition) is 3. The SMILES string of the molecule is COC(=O)c1ccc(Nc2cc(-c3ccccc3)nc(N[C@@H](C)CO)n2)cc1. The number of carbonyl (C=O) groups excluding carboxylic acids is 1. The Morgan fingerprint density at radius 1 is 1.11 bits per heavy atom. The Hall–Kier alpha value is -3.45. The fourth-order valence-electron chi connectivity index (χ4n) is 2.55. The number of carbonyl (C=O) groups is 1. The molecule has 0 bridgehead atoms. The Kier molecular flexibility index (Phi) is 6.18. The lowest BCUT2D eigenvalue weighted by Gasteiger charge is -2.14. The van der Waals surface area contributed by atoms with Crippen molar-refractivity contribution in [1.29, 1.82) is 0 Å². The number of nitrogens with one attached hydrogen (secondary N) is 2. The molecule has 1 atom stereocenters. The second kappa shape index (κ2) is 8.96. The van der Waals surface area contributed by atoms with Gasteiger partial charge >= 0.3 is 5.97 Å². The lowest BCUT2D eigenvalue weighted by molar-refractivity contribution is 0.0601. The molecule has 1 heterocycles. The van der Waals surface area contributed by atoms with Crippen LogP contribution >= 0.6 is 0 Å². The number of benzene rings is 2. The molecular formula is C21H22N4O3.